The molecule has 1 aromatic rings. The van der Waals surface area contributed by atoms with Crippen LogP contribution < -0.4 is 0 Å². The number of hydrogen-bond acceptors (Lipinski definition) is 6. The van der Waals surface area contributed by atoms with Crippen LogP contribution in [0.15, 0.2) is 46.0 Å². The van der Waals surface area contributed by atoms with E-state index in [1.165, 1.54) is 6.92 Å². The zero-order valence-electron chi connectivity index (χ0n) is 15.8. The van der Waals surface area contributed by atoms with Crippen LogP contribution in [0.5, 0.6) is 0 Å². The quantitative estimate of drug-likeness (QED) is 0.378. The van der Waals surface area contributed by atoms with E-state index < -0.39 is 62.1 Å². The summed E-state index contributed by atoms with van der Waals surface area (Å²) in [7, 11) is -4.31. The molecule has 0 radical (unpaired) electrons. The van der Waals surface area contributed by atoms with Gasteiger partial charge in [0.1, 0.15) is 28.8 Å². The molecule has 3 rings (SSSR count). The van der Waals surface area contributed by atoms with Crippen molar-refractivity contribution in [3.8, 4) is 0 Å². The topological polar surface area (TPSA) is 101 Å². The largest absolute Gasteiger partial charge is 0.455 e. The summed E-state index contributed by atoms with van der Waals surface area (Å²) in [6.07, 6.45) is -1.03. The van der Waals surface area contributed by atoms with Crippen LogP contribution >= 0.6 is 11.6 Å². The van der Waals surface area contributed by atoms with Crippen molar-refractivity contribution in [2.45, 2.75) is 30.4 Å². The molecule has 1 aromatic carbocycles. The maximum Gasteiger partial charge on any atom is 0.355 e. The fraction of sp³-hybridized carbons (Fsp3) is 0.368. The number of aliphatic hydroxyl groups excluding tert-OH is 1. The van der Waals surface area contributed by atoms with E-state index in [1.807, 2.05) is 0 Å². The van der Waals surface area contributed by atoms with Gasteiger partial charge in [-0.15, -0.1) is 0 Å². The number of benzene rings is 1. The highest BCUT2D eigenvalue weighted by molar-refractivity contribution is 7.91. The van der Waals surface area contributed by atoms with Crippen LogP contribution in [0.1, 0.15) is 13.3 Å². The number of rotatable bonds is 7. The number of ether oxygens (including phenoxy) is 1. The molecular weight excluding hydrogens is 444 g/mol. The number of β-lactam (4-membered cyclic amide) rings is 1. The summed E-state index contributed by atoms with van der Waals surface area (Å²) in [5, 5.41) is 9.85. The van der Waals surface area contributed by atoms with Gasteiger partial charge in [-0.3, -0.25) is 4.79 Å². The van der Waals surface area contributed by atoms with Crippen molar-refractivity contribution in [2.24, 2.45) is 5.92 Å². The van der Waals surface area contributed by atoms with Crippen LogP contribution in [-0.2, 0) is 24.2 Å². The molecule has 1 amide bonds. The fourth-order valence-corrected chi connectivity index (χ4v) is 5.28. The molecule has 30 heavy (non-hydrogen) atoms. The van der Waals surface area contributed by atoms with Crippen molar-refractivity contribution in [1.29, 1.82) is 0 Å². The Morgan fingerprint density at radius 2 is 2.10 bits per heavy atom. The Morgan fingerprint density at radius 3 is 2.67 bits per heavy atom. The van der Waals surface area contributed by atoms with Crippen molar-refractivity contribution in [1.82, 2.24) is 4.90 Å². The lowest BCUT2D eigenvalue weighted by Gasteiger charge is -2.44. The predicted molar refractivity (Wildman–Crippen MR) is 102 cm³/mol. The molecule has 0 aromatic heterocycles. The average molecular weight is 462 g/mol. The Hall–Kier alpha value is -2.30. The number of nitrogens with zero attached hydrogens (tertiary/aromatic N) is 1. The maximum atomic E-state index is 14.0. The second kappa shape index (κ2) is 8.09. The zero-order chi connectivity index (χ0) is 22.4. The number of amides is 1. The molecule has 0 aliphatic carbocycles. The Kier molecular flexibility index (Phi) is 6.03. The Bertz CT molecular complexity index is 1070. The molecule has 0 unspecified atom stereocenters. The summed E-state index contributed by atoms with van der Waals surface area (Å²) >= 11 is 5.58. The molecule has 2 aliphatic rings. The van der Waals surface area contributed by atoms with Crippen LogP contribution in [0, 0.1) is 17.6 Å². The summed E-state index contributed by atoms with van der Waals surface area (Å²) in [4.78, 5) is 25.3. The van der Waals surface area contributed by atoms with E-state index in [4.69, 9.17) is 16.3 Å². The van der Waals surface area contributed by atoms with Crippen LogP contribution in [0.3, 0.4) is 0 Å². The summed E-state index contributed by atoms with van der Waals surface area (Å²) < 4.78 is 57.6. The van der Waals surface area contributed by atoms with Gasteiger partial charge in [0.15, 0.2) is 9.84 Å². The predicted octanol–water partition coefficient (Wildman–Crippen LogP) is 1.90. The van der Waals surface area contributed by atoms with Gasteiger partial charge in [0.25, 0.3) is 0 Å². The van der Waals surface area contributed by atoms with Gasteiger partial charge in [0.05, 0.1) is 23.8 Å². The smallest absolute Gasteiger partial charge is 0.355 e. The molecule has 0 bridgehead atoms. The number of fused-ring (bicyclic) bond motifs is 1. The maximum absolute atomic E-state index is 14.0. The monoisotopic (exact) mass is 461 g/mol. The minimum Gasteiger partial charge on any atom is -0.455 e. The number of sulfone groups is 1. The first-order chi connectivity index (χ1) is 13.9. The molecule has 3 atom stereocenters. The Morgan fingerprint density at radius 1 is 1.43 bits per heavy atom. The van der Waals surface area contributed by atoms with Crippen molar-refractivity contribution in [3.05, 3.63) is 52.7 Å². The molecule has 1 saturated heterocycles. The molecule has 1 fully saturated rings. The number of halogens is 3. The lowest BCUT2D eigenvalue weighted by Crippen LogP contribution is -2.61. The molecule has 2 aliphatic heterocycles. The highest BCUT2D eigenvalue weighted by Crippen LogP contribution is 2.44. The summed E-state index contributed by atoms with van der Waals surface area (Å²) in [5.74, 6) is -5.33. The number of carbonyl (C=O) groups is 2. The summed E-state index contributed by atoms with van der Waals surface area (Å²) in [6.45, 7) is 4.43. The Labute approximate surface area is 176 Å². The first-order valence-corrected chi connectivity index (χ1v) is 10.9. The van der Waals surface area contributed by atoms with Gasteiger partial charge in [-0.2, -0.15) is 0 Å². The van der Waals surface area contributed by atoms with E-state index in [9.17, 15) is 31.9 Å². The molecular formula is C19H18ClF2NO6S. The molecule has 162 valence electrons. The number of aliphatic hydroxyl groups is 1. The van der Waals surface area contributed by atoms with E-state index in [-0.39, 0.29) is 29.3 Å². The van der Waals surface area contributed by atoms with E-state index in [1.54, 1.807) is 0 Å². The van der Waals surface area contributed by atoms with E-state index >= 15 is 0 Å². The van der Waals surface area contributed by atoms with Crippen molar-refractivity contribution in [3.63, 3.8) is 0 Å². The molecule has 0 saturated carbocycles. The summed E-state index contributed by atoms with van der Waals surface area (Å²) in [6, 6.07) is 1.42. The van der Waals surface area contributed by atoms with Crippen molar-refractivity contribution >= 4 is 33.3 Å². The van der Waals surface area contributed by atoms with Crippen LogP contribution in [0.4, 0.5) is 8.78 Å². The normalized spacial score (nSPS) is 21.9. The van der Waals surface area contributed by atoms with Gasteiger partial charge in [-0.1, -0.05) is 18.2 Å². The van der Waals surface area contributed by atoms with E-state index in [0.29, 0.717) is 6.07 Å². The third kappa shape index (κ3) is 3.99. The Balaban J connectivity index is 1.97. The molecule has 11 heteroatoms. The van der Waals surface area contributed by atoms with Gasteiger partial charge in [0.2, 0.25) is 5.91 Å². The van der Waals surface area contributed by atoms with Crippen LogP contribution in [0.25, 0.3) is 0 Å². The van der Waals surface area contributed by atoms with Gasteiger partial charge in [-0.25, -0.2) is 22.0 Å². The lowest BCUT2D eigenvalue weighted by atomic mass is 9.83. The number of hydrogen-bond donors (Lipinski definition) is 1. The second-order valence-electron chi connectivity index (χ2n) is 7.13. The first kappa shape index (κ1) is 22.4. The van der Waals surface area contributed by atoms with Crippen LogP contribution in [0.2, 0.25) is 0 Å². The third-order valence-corrected chi connectivity index (χ3v) is 6.81. The number of carbonyl (C=O) groups excluding carboxylic acids is 2. The van der Waals surface area contributed by atoms with E-state index in [0.717, 1.165) is 17.0 Å². The van der Waals surface area contributed by atoms with Gasteiger partial charge in [0, 0.05) is 11.1 Å². The average Bonchev–Trinajstić information content (AvgIpc) is 2.92. The molecule has 2 heterocycles. The van der Waals surface area contributed by atoms with Gasteiger partial charge < -0.3 is 14.7 Å². The van der Waals surface area contributed by atoms with E-state index in [2.05, 4.69) is 6.58 Å². The second-order valence-corrected chi connectivity index (χ2v) is 9.62. The number of esters is 1. The van der Waals surface area contributed by atoms with Crippen molar-refractivity contribution < 1.29 is 36.6 Å². The standard InChI is InChI=1S/C19H18ClF2NO6S/c1-9(20)7-29-19(26)17-11(5-14-16(10(2)24)18(25)23(14)17)8-30(27,28)15-4-3-12(21)6-13(15)22/h3-4,6,10,14,16,24H,1,5,7-8H2,2H3/t10-,14+,16+/m1/s1. The van der Waals surface area contributed by atoms with Crippen molar-refractivity contribution in [2.75, 3.05) is 12.4 Å². The van der Waals surface area contributed by atoms with Gasteiger partial charge >= 0.3 is 5.97 Å². The van der Waals surface area contributed by atoms with Gasteiger partial charge in [-0.05, 0) is 31.1 Å². The highest BCUT2D eigenvalue weighted by Gasteiger charge is 2.57. The lowest BCUT2D eigenvalue weighted by molar-refractivity contribution is -0.162. The van der Waals surface area contributed by atoms with Crippen LogP contribution in [-0.4, -0.2) is 54.8 Å². The first-order valence-electron chi connectivity index (χ1n) is 8.85. The molecule has 0 spiro atoms. The zero-order valence-corrected chi connectivity index (χ0v) is 17.3. The third-order valence-electron chi connectivity index (χ3n) is 4.97. The minimum absolute atomic E-state index is 0.0119. The summed E-state index contributed by atoms with van der Waals surface area (Å²) in [5.41, 5.74) is -0.240. The minimum atomic E-state index is -4.31. The highest BCUT2D eigenvalue weighted by atomic mass is 35.5. The SMILES string of the molecule is C=C(Cl)COC(=O)C1=C(CS(=O)(=O)c2ccc(F)cc2F)C[C@H]2[C@H]([C@@H](C)O)C(=O)N12. The molecule has 7 nitrogen and oxygen atoms in total. The fourth-order valence-electron chi connectivity index (χ4n) is 3.73. The molecule has 1 N–H and O–H groups in total.